The second-order valence-corrected chi connectivity index (χ2v) is 8.77. The van der Waals surface area contributed by atoms with Crippen LogP contribution in [0.3, 0.4) is 0 Å². The first kappa shape index (κ1) is 19.6. The zero-order valence-corrected chi connectivity index (χ0v) is 17.8. The number of pyridine rings is 1. The molecule has 1 aliphatic heterocycles. The first-order chi connectivity index (χ1) is 15.0. The predicted molar refractivity (Wildman–Crippen MR) is 123 cm³/mol. The highest BCUT2D eigenvalue weighted by Gasteiger charge is 2.45. The van der Waals surface area contributed by atoms with E-state index in [9.17, 15) is 9.90 Å². The molecule has 2 heterocycles. The molecule has 1 fully saturated rings. The molecule has 0 amide bonds. The summed E-state index contributed by atoms with van der Waals surface area (Å²) in [5, 5.41) is 12.9. The van der Waals surface area contributed by atoms with Crippen LogP contribution in [0.2, 0.25) is 0 Å². The van der Waals surface area contributed by atoms with Crippen LogP contribution >= 0.6 is 0 Å². The molecule has 2 aromatic carbocycles. The third-order valence-corrected chi connectivity index (χ3v) is 6.48. The second-order valence-electron chi connectivity index (χ2n) is 8.77. The van der Waals surface area contributed by atoms with E-state index in [4.69, 9.17) is 4.98 Å². The van der Waals surface area contributed by atoms with Gasteiger partial charge in [-0.25, -0.2) is 9.78 Å². The molecular formula is C26H27N3O2. The summed E-state index contributed by atoms with van der Waals surface area (Å²) in [6.45, 7) is 4.00. The molecule has 0 atom stereocenters. The molecule has 2 aliphatic rings. The molecule has 3 aromatic rings. The lowest BCUT2D eigenvalue weighted by Crippen LogP contribution is -2.31. The number of aromatic carboxylic acids is 1. The first-order valence-corrected chi connectivity index (χ1v) is 10.9. The fourth-order valence-electron chi connectivity index (χ4n) is 4.55. The molecule has 0 spiro atoms. The lowest BCUT2D eigenvalue weighted by atomic mass is 10.00. The van der Waals surface area contributed by atoms with Gasteiger partial charge in [0.15, 0.2) is 5.82 Å². The number of aryl methyl sites for hydroxylation is 2. The Morgan fingerprint density at radius 2 is 1.84 bits per heavy atom. The Hall–Kier alpha value is -3.34. The van der Waals surface area contributed by atoms with Crippen LogP contribution in [0.5, 0.6) is 0 Å². The molecule has 0 saturated heterocycles. The molecule has 158 valence electrons. The quantitative estimate of drug-likeness (QED) is 0.586. The third-order valence-electron chi connectivity index (χ3n) is 6.48. The molecule has 0 unspecified atom stereocenters. The minimum atomic E-state index is -0.894. The zero-order valence-electron chi connectivity index (χ0n) is 17.8. The van der Waals surface area contributed by atoms with Crippen LogP contribution in [0.25, 0.3) is 0 Å². The number of carboxylic acid groups (broad SMARTS) is 1. The second kappa shape index (κ2) is 7.73. The van der Waals surface area contributed by atoms with Gasteiger partial charge in [0.25, 0.3) is 0 Å². The van der Waals surface area contributed by atoms with Crippen molar-refractivity contribution in [3.05, 3.63) is 88.6 Å². The molecule has 5 rings (SSSR count). The van der Waals surface area contributed by atoms with Gasteiger partial charge in [0.2, 0.25) is 0 Å². The van der Waals surface area contributed by atoms with E-state index in [1.165, 1.54) is 22.4 Å². The maximum atomic E-state index is 11.2. The van der Waals surface area contributed by atoms with Gasteiger partial charge in [0, 0.05) is 19.3 Å². The highest BCUT2D eigenvalue weighted by atomic mass is 16.4. The van der Waals surface area contributed by atoms with E-state index in [0.29, 0.717) is 5.56 Å². The summed E-state index contributed by atoms with van der Waals surface area (Å²) in [6.07, 6.45) is 6.15. The number of nitrogens with one attached hydrogen (secondary N) is 1. The van der Waals surface area contributed by atoms with Crippen molar-refractivity contribution in [2.45, 2.75) is 44.7 Å². The van der Waals surface area contributed by atoms with Crippen LogP contribution in [-0.4, -0.2) is 22.6 Å². The topological polar surface area (TPSA) is 65.5 Å². The van der Waals surface area contributed by atoms with Crippen molar-refractivity contribution in [3.63, 3.8) is 0 Å². The van der Waals surface area contributed by atoms with Crippen LogP contribution in [0, 0.1) is 6.92 Å². The Labute approximate surface area is 182 Å². The Morgan fingerprint density at radius 3 is 2.52 bits per heavy atom. The van der Waals surface area contributed by atoms with Gasteiger partial charge in [-0.3, -0.25) is 0 Å². The van der Waals surface area contributed by atoms with E-state index >= 15 is 0 Å². The number of hydrogen-bond donors (Lipinski definition) is 2. The zero-order chi connectivity index (χ0) is 21.4. The van der Waals surface area contributed by atoms with Crippen LogP contribution in [0.15, 0.2) is 60.8 Å². The fourth-order valence-corrected chi connectivity index (χ4v) is 4.55. The molecule has 1 aromatic heterocycles. The molecule has 0 radical (unpaired) electrons. The van der Waals surface area contributed by atoms with Crippen molar-refractivity contribution < 1.29 is 9.90 Å². The van der Waals surface area contributed by atoms with E-state index in [1.54, 1.807) is 12.1 Å². The number of carbonyl (C=O) groups is 1. The maximum Gasteiger partial charge on any atom is 0.335 e. The summed E-state index contributed by atoms with van der Waals surface area (Å²) < 4.78 is 0. The van der Waals surface area contributed by atoms with Crippen LogP contribution < -0.4 is 10.2 Å². The van der Waals surface area contributed by atoms with E-state index in [0.717, 1.165) is 50.2 Å². The smallest absolute Gasteiger partial charge is 0.335 e. The number of fused-ring (bicyclic) bond motifs is 1. The summed E-state index contributed by atoms with van der Waals surface area (Å²) in [4.78, 5) is 18.4. The van der Waals surface area contributed by atoms with Gasteiger partial charge in [0.1, 0.15) is 0 Å². The number of benzene rings is 2. The molecule has 2 N–H and O–H groups in total. The molecule has 1 saturated carbocycles. The summed E-state index contributed by atoms with van der Waals surface area (Å²) >= 11 is 0. The number of carboxylic acids is 1. The molecule has 0 bridgehead atoms. The monoisotopic (exact) mass is 413 g/mol. The lowest BCUT2D eigenvalue weighted by molar-refractivity contribution is 0.0697. The summed E-state index contributed by atoms with van der Waals surface area (Å²) in [5.74, 6) is 0.0408. The molecule has 5 nitrogen and oxygen atoms in total. The maximum absolute atomic E-state index is 11.2. The van der Waals surface area contributed by atoms with Crippen molar-refractivity contribution in [1.29, 1.82) is 0 Å². The van der Waals surface area contributed by atoms with E-state index in [2.05, 4.69) is 47.5 Å². The van der Waals surface area contributed by atoms with Gasteiger partial charge < -0.3 is 15.3 Å². The molecule has 31 heavy (non-hydrogen) atoms. The van der Waals surface area contributed by atoms with Crippen LogP contribution in [-0.2, 0) is 18.5 Å². The summed E-state index contributed by atoms with van der Waals surface area (Å²) in [7, 11) is 0. The SMILES string of the molecule is Cc1ccc(CN2CCCc3ccnc(NC4(c5ccc(C(=O)O)cc5)CC4)c32)cc1. The van der Waals surface area contributed by atoms with E-state index < -0.39 is 5.97 Å². The Kier molecular flexibility index (Phi) is 4.89. The number of anilines is 2. The molecular weight excluding hydrogens is 386 g/mol. The third kappa shape index (κ3) is 3.88. The first-order valence-electron chi connectivity index (χ1n) is 10.9. The number of aromatic nitrogens is 1. The van der Waals surface area contributed by atoms with Crippen LogP contribution in [0.4, 0.5) is 11.5 Å². The van der Waals surface area contributed by atoms with E-state index in [-0.39, 0.29) is 5.54 Å². The minimum Gasteiger partial charge on any atom is -0.478 e. The van der Waals surface area contributed by atoms with Gasteiger partial charge in [-0.1, -0.05) is 42.0 Å². The summed E-state index contributed by atoms with van der Waals surface area (Å²) in [6, 6.07) is 18.1. The van der Waals surface area contributed by atoms with Gasteiger partial charge in [-0.05, 0) is 67.5 Å². The van der Waals surface area contributed by atoms with Crippen molar-refractivity contribution in [1.82, 2.24) is 4.98 Å². The van der Waals surface area contributed by atoms with E-state index in [1.807, 2.05) is 18.3 Å². The van der Waals surface area contributed by atoms with Crippen molar-refractivity contribution in [2.75, 3.05) is 16.8 Å². The van der Waals surface area contributed by atoms with Gasteiger partial charge in [-0.15, -0.1) is 0 Å². The van der Waals surface area contributed by atoms with Crippen molar-refractivity contribution >= 4 is 17.5 Å². The average molecular weight is 414 g/mol. The Morgan fingerprint density at radius 1 is 1.10 bits per heavy atom. The van der Waals surface area contributed by atoms with Gasteiger partial charge >= 0.3 is 5.97 Å². The average Bonchev–Trinajstić information content (AvgIpc) is 3.56. The molecule has 1 aliphatic carbocycles. The fraction of sp³-hybridized carbons (Fsp3) is 0.308. The normalized spacial score (nSPS) is 16.5. The number of hydrogen-bond acceptors (Lipinski definition) is 4. The largest absolute Gasteiger partial charge is 0.478 e. The predicted octanol–water partition coefficient (Wildman–Crippen LogP) is 5.14. The number of nitrogens with zero attached hydrogens (tertiary/aromatic N) is 2. The highest BCUT2D eigenvalue weighted by Crippen LogP contribution is 2.50. The Balaban J connectivity index is 1.44. The highest BCUT2D eigenvalue weighted by molar-refractivity contribution is 5.87. The molecule has 5 heteroatoms. The Bertz CT molecular complexity index is 1100. The van der Waals surface area contributed by atoms with Crippen molar-refractivity contribution in [2.24, 2.45) is 0 Å². The lowest BCUT2D eigenvalue weighted by Gasteiger charge is -2.34. The van der Waals surface area contributed by atoms with Gasteiger partial charge in [0.05, 0.1) is 16.8 Å². The van der Waals surface area contributed by atoms with Crippen LogP contribution in [0.1, 0.15) is 51.9 Å². The minimum absolute atomic E-state index is 0.161. The standard InChI is InChI=1S/C26H27N3O2/c1-18-4-6-19(7-5-18)17-29-16-2-3-20-12-15-27-24(23(20)29)28-26(13-14-26)22-10-8-21(9-11-22)25(30)31/h4-12,15H,2-3,13-14,16-17H2,1H3,(H,27,28)(H,30,31). The number of rotatable bonds is 6. The van der Waals surface area contributed by atoms with Crippen molar-refractivity contribution in [3.8, 4) is 0 Å². The summed E-state index contributed by atoms with van der Waals surface area (Å²) in [5.41, 5.74) is 6.41. The van der Waals surface area contributed by atoms with Gasteiger partial charge in [-0.2, -0.15) is 0 Å².